The van der Waals surface area contributed by atoms with Crippen LogP contribution in [0, 0.1) is 0 Å². The summed E-state index contributed by atoms with van der Waals surface area (Å²) in [6.45, 7) is 0. The van der Waals surface area contributed by atoms with E-state index in [0.717, 1.165) is 38.1 Å². The molecule has 0 saturated carbocycles. The molecule has 264 valence electrons. The third-order valence-corrected chi connectivity index (χ3v) is 12.9. The largest absolute Gasteiger partial charge is 0.309 e. The van der Waals surface area contributed by atoms with Crippen LogP contribution in [-0.2, 0) is 0 Å². The first kappa shape index (κ1) is 30.9. The zero-order valence-corrected chi connectivity index (χ0v) is 31.2. The van der Waals surface area contributed by atoms with Crippen molar-refractivity contribution in [3.05, 3.63) is 176 Å². The number of thiophene rings is 1. The Kier molecular flexibility index (Phi) is 6.26. The highest BCUT2D eigenvalue weighted by Crippen LogP contribution is 2.45. The molecule has 0 spiro atoms. The van der Waals surface area contributed by atoms with Crippen LogP contribution in [0.4, 0.5) is 0 Å². The van der Waals surface area contributed by atoms with Crippen molar-refractivity contribution in [1.29, 1.82) is 0 Å². The Balaban J connectivity index is 1.16. The first-order valence-corrected chi connectivity index (χ1v) is 20.0. The van der Waals surface area contributed by atoms with E-state index in [-0.39, 0.29) is 0 Å². The minimum Gasteiger partial charge on any atom is -0.309 e. The highest BCUT2D eigenvalue weighted by Gasteiger charge is 2.23. The van der Waals surface area contributed by atoms with Crippen LogP contribution in [-0.4, -0.2) is 23.9 Å². The van der Waals surface area contributed by atoms with Crippen LogP contribution in [0.2, 0.25) is 0 Å². The van der Waals surface area contributed by atoms with Gasteiger partial charge in [0.2, 0.25) is 0 Å². The average molecular weight is 744 g/mol. The van der Waals surface area contributed by atoms with Gasteiger partial charge in [0, 0.05) is 74.9 Å². The normalized spacial score (nSPS) is 12.2. The third-order valence-electron chi connectivity index (χ3n) is 11.7. The number of benzene rings is 8. The second-order valence-corrected chi connectivity index (χ2v) is 15.9. The Morgan fingerprint density at radius 3 is 1.67 bits per heavy atom. The Hall–Kier alpha value is -7.41. The lowest BCUT2D eigenvalue weighted by Gasteiger charge is -2.13. The van der Waals surface area contributed by atoms with Crippen LogP contribution in [0.1, 0.15) is 0 Å². The molecule has 5 nitrogen and oxygen atoms in total. The number of para-hydroxylation sites is 3. The van der Waals surface area contributed by atoms with Crippen molar-refractivity contribution in [2.24, 2.45) is 0 Å². The molecule has 0 bridgehead atoms. The van der Waals surface area contributed by atoms with Crippen LogP contribution in [0.15, 0.2) is 176 Å². The summed E-state index contributed by atoms with van der Waals surface area (Å²) in [4.78, 5) is 15.5. The summed E-state index contributed by atoms with van der Waals surface area (Å²) in [6.07, 6.45) is 0. The van der Waals surface area contributed by atoms with Crippen LogP contribution in [0.3, 0.4) is 0 Å². The molecule has 0 atom stereocenters. The van der Waals surface area contributed by atoms with E-state index in [1.165, 1.54) is 64.3 Å². The molecule has 0 aliphatic carbocycles. The molecule has 0 radical (unpaired) electrons. The summed E-state index contributed by atoms with van der Waals surface area (Å²) in [5.74, 6) is 1.95. The van der Waals surface area contributed by atoms with Gasteiger partial charge in [-0.15, -0.1) is 11.3 Å². The van der Waals surface area contributed by atoms with Gasteiger partial charge < -0.3 is 8.97 Å². The van der Waals surface area contributed by atoms with Gasteiger partial charge in [-0.1, -0.05) is 133 Å². The summed E-state index contributed by atoms with van der Waals surface area (Å²) in [7, 11) is 0. The van der Waals surface area contributed by atoms with Crippen molar-refractivity contribution in [1.82, 2.24) is 23.9 Å². The SMILES string of the molecule is c1ccc(-c2nc(-c3ccccc3)nc(-c3cc(-n4c5ccccc5c5cc6c7cccc8c9ccccc9n(c6cc54)c87)cc4c3sc3ccccc34)n2)cc1. The van der Waals surface area contributed by atoms with Crippen molar-refractivity contribution < 1.29 is 0 Å². The first-order valence-electron chi connectivity index (χ1n) is 19.2. The fourth-order valence-electron chi connectivity index (χ4n) is 9.21. The van der Waals surface area contributed by atoms with Crippen molar-refractivity contribution in [2.45, 2.75) is 0 Å². The van der Waals surface area contributed by atoms with Crippen molar-refractivity contribution in [3.63, 3.8) is 0 Å². The zero-order chi connectivity index (χ0) is 37.2. The zero-order valence-electron chi connectivity index (χ0n) is 30.4. The molecule has 0 saturated heterocycles. The second kappa shape index (κ2) is 11.6. The Morgan fingerprint density at radius 2 is 0.930 bits per heavy atom. The van der Waals surface area contributed by atoms with E-state index >= 15 is 0 Å². The van der Waals surface area contributed by atoms with Gasteiger partial charge in [-0.3, -0.25) is 0 Å². The predicted octanol–water partition coefficient (Wildman–Crippen LogP) is 13.5. The van der Waals surface area contributed by atoms with Crippen LogP contribution in [0.25, 0.3) is 120 Å². The lowest BCUT2D eigenvalue weighted by atomic mass is 10.1. The van der Waals surface area contributed by atoms with E-state index in [2.05, 4.69) is 148 Å². The van der Waals surface area contributed by atoms with E-state index < -0.39 is 0 Å². The summed E-state index contributed by atoms with van der Waals surface area (Å²) in [5, 5.41) is 9.97. The fraction of sp³-hybridized carbons (Fsp3) is 0. The molecule has 5 aromatic heterocycles. The summed E-state index contributed by atoms with van der Waals surface area (Å²) in [6, 6.07) is 63.0. The molecule has 13 aromatic rings. The minimum absolute atomic E-state index is 0.649. The Labute approximate surface area is 329 Å². The molecule has 13 rings (SSSR count). The van der Waals surface area contributed by atoms with Gasteiger partial charge >= 0.3 is 0 Å². The van der Waals surface area contributed by atoms with E-state index in [0.29, 0.717) is 17.5 Å². The molecule has 0 aliphatic heterocycles. The number of rotatable bonds is 4. The van der Waals surface area contributed by atoms with Gasteiger partial charge in [-0.25, -0.2) is 15.0 Å². The molecule has 0 unspecified atom stereocenters. The molecule has 5 heterocycles. The van der Waals surface area contributed by atoms with E-state index in [1.807, 2.05) is 36.4 Å². The van der Waals surface area contributed by atoms with E-state index in [1.54, 1.807) is 11.3 Å². The maximum absolute atomic E-state index is 5.25. The quantitative estimate of drug-likeness (QED) is 0.180. The summed E-state index contributed by atoms with van der Waals surface area (Å²) in [5.41, 5.74) is 9.98. The average Bonchev–Trinajstić information content (AvgIpc) is 4.01. The van der Waals surface area contributed by atoms with Gasteiger partial charge in [-0.2, -0.15) is 0 Å². The monoisotopic (exact) mass is 743 g/mol. The number of hydrogen-bond donors (Lipinski definition) is 0. The lowest BCUT2D eigenvalue weighted by molar-refractivity contribution is 1.07. The molecule has 0 aliphatic rings. The molecule has 57 heavy (non-hydrogen) atoms. The van der Waals surface area contributed by atoms with E-state index in [9.17, 15) is 0 Å². The standard InChI is InChI=1S/C51H29N5S/c1-3-14-30(15-4-1)49-52-50(31-16-5-2-6-17-31)54-51(53-49)41-27-32(26-40-35-20-9-12-25-46(35)57-48(40)41)55-42-23-10-8-19-34(42)38-28-39-37-22-13-21-36-33-18-7-11-24-43(33)56(47(36)37)45(39)29-44(38)55/h1-29H. The highest BCUT2D eigenvalue weighted by atomic mass is 32.1. The van der Waals surface area contributed by atoms with Gasteiger partial charge in [0.15, 0.2) is 17.5 Å². The van der Waals surface area contributed by atoms with Crippen molar-refractivity contribution in [2.75, 3.05) is 0 Å². The number of hydrogen-bond acceptors (Lipinski definition) is 4. The third kappa shape index (κ3) is 4.36. The molecular formula is C51H29N5S. The van der Waals surface area contributed by atoms with Gasteiger partial charge in [-0.05, 0) is 42.5 Å². The van der Waals surface area contributed by atoms with Crippen molar-refractivity contribution in [3.8, 4) is 39.9 Å². The molecule has 0 amide bonds. The molecule has 0 fully saturated rings. The fourth-order valence-corrected chi connectivity index (χ4v) is 10.4. The highest BCUT2D eigenvalue weighted by molar-refractivity contribution is 7.26. The number of nitrogens with zero attached hydrogens (tertiary/aromatic N) is 5. The molecule has 8 aromatic carbocycles. The topological polar surface area (TPSA) is 48.0 Å². The molecule has 6 heteroatoms. The maximum Gasteiger partial charge on any atom is 0.165 e. The lowest BCUT2D eigenvalue weighted by Crippen LogP contribution is -2.01. The Bertz CT molecular complexity index is 3690. The number of aromatic nitrogens is 5. The maximum atomic E-state index is 5.25. The smallest absolute Gasteiger partial charge is 0.165 e. The molecular weight excluding hydrogens is 715 g/mol. The minimum atomic E-state index is 0.649. The van der Waals surface area contributed by atoms with Gasteiger partial charge in [0.05, 0.1) is 27.6 Å². The summed E-state index contributed by atoms with van der Waals surface area (Å²) < 4.78 is 7.30. The van der Waals surface area contributed by atoms with Gasteiger partial charge in [0.1, 0.15) is 0 Å². The van der Waals surface area contributed by atoms with Gasteiger partial charge in [0.25, 0.3) is 0 Å². The van der Waals surface area contributed by atoms with Crippen LogP contribution >= 0.6 is 11.3 Å². The van der Waals surface area contributed by atoms with E-state index in [4.69, 9.17) is 15.0 Å². The van der Waals surface area contributed by atoms with Crippen molar-refractivity contribution >= 4 is 91.4 Å². The molecule has 0 N–H and O–H groups in total. The van der Waals surface area contributed by atoms with Crippen LogP contribution in [0.5, 0.6) is 0 Å². The summed E-state index contributed by atoms with van der Waals surface area (Å²) >= 11 is 1.80. The first-order chi connectivity index (χ1) is 28.3. The number of fused-ring (bicyclic) bond motifs is 12. The predicted molar refractivity (Wildman–Crippen MR) is 238 cm³/mol. The second-order valence-electron chi connectivity index (χ2n) is 14.8. The Morgan fingerprint density at radius 1 is 0.368 bits per heavy atom. The van der Waals surface area contributed by atoms with Crippen LogP contribution < -0.4 is 0 Å².